The molecule has 0 bridgehead atoms. The van der Waals surface area contributed by atoms with Crippen LogP contribution in [0, 0.1) is 0 Å². The van der Waals surface area contributed by atoms with Gasteiger partial charge in [0.15, 0.2) is 0 Å². The molecular weight excluding hydrogens is 360 g/mol. The van der Waals surface area contributed by atoms with E-state index in [9.17, 15) is 0 Å². The Bertz CT molecular complexity index is 283. The first kappa shape index (κ1) is 36.2. The highest BCUT2D eigenvalue weighted by atomic mass is 16.0. The molecule has 0 spiro atoms. The fourth-order valence-corrected chi connectivity index (χ4v) is 3.00. The van der Waals surface area contributed by atoms with Gasteiger partial charge in [-0.1, -0.05) is 84.0 Å². The third-order valence-electron chi connectivity index (χ3n) is 5.89. The second kappa shape index (κ2) is 24.1. The lowest BCUT2D eigenvalue weighted by Crippen LogP contribution is -2.38. The minimum Gasteiger partial charge on any atom is -0.870 e. The summed E-state index contributed by atoms with van der Waals surface area (Å²) in [6, 6.07) is 0. The average molecular weight is 421 g/mol. The summed E-state index contributed by atoms with van der Waals surface area (Å²) in [6.07, 6.45) is 20.4. The molecule has 0 unspecified atom stereocenters. The van der Waals surface area contributed by atoms with Crippen molar-refractivity contribution in [3.05, 3.63) is 0 Å². The number of quaternary nitrogens is 2. The van der Waals surface area contributed by atoms with Gasteiger partial charge in [0, 0.05) is 0 Å². The van der Waals surface area contributed by atoms with Crippen LogP contribution in [0.15, 0.2) is 0 Å². The van der Waals surface area contributed by atoms with E-state index in [0.29, 0.717) is 0 Å². The molecular formula is C25H60N2O2. The molecule has 0 amide bonds. The van der Waals surface area contributed by atoms with Crippen molar-refractivity contribution in [2.24, 2.45) is 0 Å². The second-order valence-corrected chi connectivity index (χ2v) is 10.2. The smallest absolute Gasteiger partial charge is 0.0780 e. The van der Waals surface area contributed by atoms with Crippen molar-refractivity contribution in [2.45, 2.75) is 111 Å². The van der Waals surface area contributed by atoms with Crippen LogP contribution in [-0.4, -0.2) is 74.8 Å². The van der Waals surface area contributed by atoms with Crippen LogP contribution in [0.1, 0.15) is 111 Å². The monoisotopic (exact) mass is 420 g/mol. The summed E-state index contributed by atoms with van der Waals surface area (Å²) in [5.41, 5.74) is 0. The molecule has 0 heterocycles. The Morgan fingerprint density at radius 2 is 0.690 bits per heavy atom. The van der Waals surface area contributed by atoms with Crippen molar-refractivity contribution in [1.29, 1.82) is 0 Å². The van der Waals surface area contributed by atoms with Crippen LogP contribution in [0.3, 0.4) is 0 Å². The van der Waals surface area contributed by atoms with Gasteiger partial charge in [0.1, 0.15) is 0 Å². The average Bonchev–Trinajstić information content (AvgIpc) is 2.61. The molecule has 0 fully saturated rings. The van der Waals surface area contributed by atoms with Gasteiger partial charge in [-0.05, 0) is 26.7 Å². The third-order valence-corrected chi connectivity index (χ3v) is 5.89. The highest BCUT2D eigenvalue weighted by Crippen LogP contribution is 2.13. The Morgan fingerprint density at radius 3 is 0.897 bits per heavy atom. The van der Waals surface area contributed by atoms with Gasteiger partial charge in [-0.2, -0.15) is 0 Å². The van der Waals surface area contributed by atoms with E-state index < -0.39 is 0 Å². The predicted molar refractivity (Wildman–Crippen MR) is 130 cm³/mol. The Kier molecular flexibility index (Phi) is 30.1. The molecule has 0 radical (unpaired) electrons. The Labute approximate surface area is 185 Å². The molecule has 0 aliphatic carbocycles. The van der Waals surface area contributed by atoms with Crippen molar-refractivity contribution >= 4 is 0 Å². The topological polar surface area (TPSA) is 60.0 Å². The lowest BCUT2D eigenvalue weighted by atomic mass is 10.0. The Hall–Kier alpha value is -0.160. The number of hydrogen-bond acceptors (Lipinski definition) is 2. The second-order valence-electron chi connectivity index (χ2n) is 10.2. The van der Waals surface area contributed by atoms with Gasteiger partial charge < -0.3 is 19.9 Å². The zero-order valence-corrected chi connectivity index (χ0v) is 21.8. The molecule has 0 saturated carbocycles. The molecule has 2 N–H and O–H groups in total. The molecule has 0 saturated heterocycles. The normalized spacial score (nSPS) is 11.2. The van der Waals surface area contributed by atoms with Crippen LogP contribution in [0.5, 0.6) is 0 Å². The predicted octanol–water partition coefficient (Wildman–Crippen LogP) is 6.92. The van der Waals surface area contributed by atoms with Gasteiger partial charge in [-0.3, -0.25) is 0 Å². The maximum atomic E-state index is 2.29. The quantitative estimate of drug-likeness (QED) is 0.189. The number of unbranched alkanes of at least 4 members (excludes halogenated alkanes) is 13. The van der Waals surface area contributed by atoms with E-state index in [1.54, 1.807) is 0 Å². The first-order valence-electron chi connectivity index (χ1n) is 12.3. The van der Waals surface area contributed by atoms with E-state index in [1.165, 1.54) is 110 Å². The molecule has 0 aromatic heterocycles. The van der Waals surface area contributed by atoms with Crippen LogP contribution >= 0.6 is 0 Å². The van der Waals surface area contributed by atoms with Gasteiger partial charge in [0.2, 0.25) is 0 Å². The third kappa shape index (κ3) is 35.6. The van der Waals surface area contributed by atoms with Crippen LogP contribution < -0.4 is 0 Å². The highest BCUT2D eigenvalue weighted by Gasteiger charge is 2.05. The summed E-state index contributed by atoms with van der Waals surface area (Å²) in [4.78, 5) is 0. The SMILES string of the molecule is CCCCCCCCCCCCCCCC[N+](C)(C)C.CC[N+](C)(C)CC.[OH-].[OH-]. The lowest BCUT2D eigenvalue weighted by molar-refractivity contribution is -0.886. The van der Waals surface area contributed by atoms with E-state index in [0.717, 1.165) is 8.97 Å². The van der Waals surface area contributed by atoms with E-state index >= 15 is 0 Å². The molecule has 29 heavy (non-hydrogen) atoms. The maximum Gasteiger partial charge on any atom is 0.0780 e. The summed E-state index contributed by atoms with van der Waals surface area (Å²) in [7, 11) is 11.4. The molecule has 0 atom stereocenters. The Morgan fingerprint density at radius 1 is 0.414 bits per heavy atom. The van der Waals surface area contributed by atoms with Crippen LogP contribution in [0.2, 0.25) is 0 Å². The molecule has 4 nitrogen and oxygen atoms in total. The van der Waals surface area contributed by atoms with E-state index in [1.807, 2.05) is 0 Å². The Balaban J connectivity index is -0.000000298. The van der Waals surface area contributed by atoms with Crippen LogP contribution in [-0.2, 0) is 0 Å². The lowest BCUT2D eigenvalue weighted by Gasteiger charge is -2.25. The van der Waals surface area contributed by atoms with E-state index in [2.05, 4.69) is 56.0 Å². The van der Waals surface area contributed by atoms with Gasteiger partial charge in [-0.25, -0.2) is 0 Å². The van der Waals surface area contributed by atoms with Crippen LogP contribution in [0.25, 0.3) is 0 Å². The van der Waals surface area contributed by atoms with Crippen molar-refractivity contribution < 1.29 is 19.9 Å². The molecule has 0 rings (SSSR count). The van der Waals surface area contributed by atoms with Crippen molar-refractivity contribution in [1.82, 2.24) is 0 Å². The van der Waals surface area contributed by atoms with Gasteiger partial charge >= 0.3 is 0 Å². The molecule has 0 aromatic carbocycles. The number of hydrogen-bond donors (Lipinski definition) is 0. The highest BCUT2D eigenvalue weighted by molar-refractivity contribution is 4.49. The summed E-state index contributed by atoms with van der Waals surface area (Å²) in [6.45, 7) is 10.5. The molecule has 0 aromatic rings. The zero-order chi connectivity index (χ0) is 21.0. The van der Waals surface area contributed by atoms with Gasteiger partial charge in [0.05, 0.1) is 54.9 Å². The fourth-order valence-electron chi connectivity index (χ4n) is 3.00. The van der Waals surface area contributed by atoms with Crippen molar-refractivity contribution in [2.75, 3.05) is 54.9 Å². The first-order valence-corrected chi connectivity index (χ1v) is 12.3. The zero-order valence-electron chi connectivity index (χ0n) is 21.8. The minimum absolute atomic E-state index is 0. The summed E-state index contributed by atoms with van der Waals surface area (Å²) in [5.74, 6) is 0. The largest absolute Gasteiger partial charge is 0.870 e. The fraction of sp³-hybridized carbons (Fsp3) is 1.00. The van der Waals surface area contributed by atoms with Gasteiger partial charge in [-0.15, -0.1) is 0 Å². The molecule has 4 heteroatoms. The van der Waals surface area contributed by atoms with E-state index in [-0.39, 0.29) is 11.0 Å². The van der Waals surface area contributed by atoms with Crippen molar-refractivity contribution in [3.8, 4) is 0 Å². The van der Waals surface area contributed by atoms with Crippen molar-refractivity contribution in [3.63, 3.8) is 0 Å². The summed E-state index contributed by atoms with van der Waals surface area (Å²) in [5, 5.41) is 0. The standard InChI is InChI=1S/C19H42N.C6H16N.2H2O/c1-5-6-7-8-9-10-11-12-13-14-15-16-17-18-19-20(2,3)4;1-5-7(3,4)6-2;;/h5-19H2,1-4H3;5-6H2,1-4H3;2*1H2/q2*+1;;/p-2. The minimum atomic E-state index is 0. The van der Waals surface area contributed by atoms with Gasteiger partial charge in [0.25, 0.3) is 0 Å². The number of nitrogens with zero attached hydrogens (tertiary/aromatic N) is 2. The first-order chi connectivity index (χ1) is 12.7. The number of rotatable bonds is 17. The molecule has 0 aliphatic rings. The molecule has 182 valence electrons. The molecule has 0 aliphatic heterocycles. The summed E-state index contributed by atoms with van der Waals surface area (Å²) < 4.78 is 2.26. The maximum absolute atomic E-state index is 2.29. The van der Waals surface area contributed by atoms with Crippen LogP contribution in [0.4, 0.5) is 0 Å². The van der Waals surface area contributed by atoms with E-state index in [4.69, 9.17) is 0 Å². The summed E-state index contributed by atoms with van der Waals surface area (Å²) >= 11 is 0.